The van der Waals surface area contributed by atoms with Crippen LogP contribution in [0.5, 0.6) is 17.2 Å². The summed E-state index contributed by atoms with van der Waals surface area (Å²) in [6.45, 7) is 7.86. The Morgan fingerprint density at radius 3 is 2.46 bits per heavy atom. The number of phenols is 1. The number of ether oxygens (including phenoxy) is 1. The first-order chi connectivity index (χ1) is 13.2. The van der Waals surface area contributed by atoms with Crippen molar-refractivity contribution in [1.82, 2.24) is 5.32 Å². The Balaban J connectivity index is 1.78. The second-order valence-corrected chi connectivity index (χ2v) is 7.56. The molecule has 0 spiro atoms. The molecule has 3 rings (SSSR count). The summed E-state index contributed by atoms with van der Waals surface area (Å²) in [5, 5.41) is 15.5. The van der Waals surface area contributed by atoms with Gasteiger partial charge in [-0.2, -0.15) is 0 Å². The molecule has 148 valence electrons. The highest BCUT2D eigenvalue weighted by Crippen LogP contribution is 2.35. The average molecular weight is 382 g/mol. The Kier molecular flexibility index (Phi) is 5.58. The van der Waals surface area contributed by atoms with Crippen LogP contribution in [-0.4, -0.2) is 23.0 Å². The Hall–Kier alpha value is -3.02. The minimum Gasteiger partial charge on any atom is -0.508 e. The molecule has 1 aliphatic heterocycles. The van der Waals surface area contributed by atoms with E-state index in [2.05, 4.69) is 10.6 Å². The Bertz CT molecular complexity index is 898. The summed E-state index contributed by atoms with van der Waals surface area (Å²) in [5.74, 6) is 1.50. The van der Waals surface area contributed by atoms with Gasteiger partial charge in [0.1, 0.15) is 23.3 Å². The zero-order valence-electron chi connectivity index (χ0n) is 16.6. The fourth-order valence-electron chi connectivity index (χ4n) is 3.40. The van der Waals surface area contributed by atoms with E-state index in [9.17, 15) is 14.7 Å². The SMILES string of the molecule is Cc1cc(NC(=O)[C@@H]2CCC(=O)N2)cc(C)c1Oc1ccc(O)c(C(C)C)c1. The molecule has 1 atom stereocenters. The standard InChI is InChI=1S/C22H26N2O4/c1-12(2)17-11-16(5-7-19(17)25)28-21-13(3)9-15(10-14(21)4)23-22(27)18-6-8-20(26)24-18/h5,7,9-12,18,25H,6,8H2,1-4H3,(H,23,27)(H,24,26)/t18-/m0/s1. The van der Waals surface area contributed by atoms with Crippen molar-refractivity contribution in [2.24, 2.45) is 0 Å². The molecule has 6 heteroatoms. The van der Waals surface area contributed by atoms with Crippen LogP contribution in [0.1, 0.15) is 49.3 Å². The van der Waals surface area contributed by atoms with Crippen molar-refractivity contribution < 1.29 is 19.4 Å². The molecule has 0 saturated carbocycles. The van der Waals surface area contributed by atoms with Gasteiger partial charge in [0.05, 0.1) is 0 Å². The zero-order chi connectivity index (χ0) is 20.4. The first kappa shape index (κ1) is 19.7. The third-order valence-corrected chi connectivity index (χ3v) is 4.88. The van der Waals surface area contributed by atoms with E-state index in [1.807, 2.05) is 45.9 Å². The minimum absolute atomic E-state index is 0.0917. The van der Waals surface area contributed by atoms with E-state index in [1.54, 1.807) is 12.1 Å². The highest BCUT2D eigenvalue weighted by molar-refractivity contribution is 5.99. The third-order valence-electron chi connectivity index (χ3n) is 4.88. The number of aromatic hydroxyl groups is 1. The van der Waals surface area contributed by atoms with Crippen LogP contribution in [0.4, 0.5) is 5.69 Å². The summed E-state index contributed by atoms with van der Waals surface area (Å²) in [4.78, 5) is 23.6. The molecule has 2 aromatic carbocycles. The predicted molar refractivity (Wildman–Crippen MR) is 108 cm³/mol. The van der Waals surface area contributed by atoms with Gasteiger partial charge in [-0.25, -0.2) is 0 Å². The van der Waals surface area contributed by atoms with Gasteiger partial charge >= 0.3 is 0 Å². The predicted octanol–water partition coefficient (Wildman–Crippen LogP) is 4.14. The zero-order valence-corrected chi connectivity index (χ0v) is 16.6. The summed E-state index contributed by atoms with van der Waals surface area (Å²) in [5.41, 5.74) is 3.26. The van der Waals surface area contributed by atoms with Crippen molar-refractivity contribution in [3.8, 4) is 17.2 Å². The highest BCUT2D eigenvalue weighted by atomic mass is 16.5. The van der Waals surface area contributed by atoms with Crippen molar-refractivity contribution in [1.29, 1.82) is 0 Å². The molecular formula is C22H26N2O4. The molecule has 1 aliphatic rings. The molecule has 2 aromatic rings. The molecule has 1 saturated heterocycles. The maximum Gasteiger partial charge on any atom is 0.246 e. The maximum absolute atomic E-state index is 12.3. The smallest absolute Gasteiger partial charge is 0.246 e. The van der Waals surface area contributed by atoms with Crippen LogP contribution < -0.4 is 15.4 Å². The van der Waals surface area contributed by atoms with E-state index >= 15 is 0 Å². The maximum atomic E-state index is 12.3. The number of anilines is 1. The lowest BCUT2D eigenvalue weighted by atomic mass is 10.0. The number of carbonyl (C=O) groups excluding carboxylic acids is 2. The van der Waals surface area contributed by atoms with Crippen molar-refractivity contribution >= 4 is 17.5 Å². The van der Waals surface area contributed by atoms with Crippen LogP contribution in [0.25, 0.3) is 0 Å². The monoisotopic (exact) mass is 382 g/mol. The first-order valence-electron chi connectivity index (χ1n) is 9.47. The molecule has 0 aromatic heterocycles. The van der Waals surface area contributed by atoms with Gasteiger partial charge in [-0.15, -0.1) is 0 Å². The quantitative estimate of drug-likeness (QED) is 0.725. The molecule has 3 N–H and O–H groups in total. The lowest BCUT2D eigenvalue weighted by Crippen LogP contribution is -2.37. The molecule has 0 bridgehead atoms. The normalized spacial score (nSPS) is 16.2. The minimum atomic E-state index is -0.476. The number of rotatable bonds is 5. The van der Waals surface area contributed by atoms with Crippen molar-refractivity contribution in [2.75, 3.05) is 5.32 Å². The molecule has 0 unspecified atom stereocenters. The van der Waals surface area contributed by atoms with E-state index in [1.165, 1.54) is 0 Å². The number of carbonyl (C=O) groups is 2. The second kappa shape index (κ2) is 7.92. The third kappa shape index (κ3) is 4.27. The molecule has 6 nitrogen and oxygen atoms in total. The number of benzene rings is 2. The topological polar surface area (TPSA) is 87.7 Å². The van der Waals surface area contributed by atoms with Crippen LogP contribution in [0.3, 0.4) is 0 Å². The second-order valence-electron chi connectivity index (χ2n) is 7.56. The van der Waals surface area contributed by atoms with Crippen LogP contribution in [0, 0.1) is 13.8 Å². The van der Waals surface area contributed by atoms with Gasteiger partial charge in [0.2, 0.25) is 11.8 Å². The molecule has 2 amide bonds. The Morgan fingerprint density at radius 2 is 1.89 bits per heavy atom. The molecule has 1 heterocycles. The van der Waals surface area contributed by atoms with E-state index in [-0.39, 0.29) is 23.5 Å². The van der Waals surface area contributed by atoms with Gasteiger partial charge in [0, 0.05) is 17.7 Å². The summed E-state index contributed by atoms with van der Waals surface area (Å²) < 4.78 is 6.08. The average Bonchev–Trinajstić information content (AvgIpc) is 3.06. The molecule has 28 heavy (non-hydrogen) atoms. The van der Waals surface area contributed by atoms with Crippen LogP contribution in [0.2, 0.25) is 0 Å². The lowest BCUT2D eigenvalue weighted by Gasteiger charge is -2.17. The summed E-state index contributed by atoms with van der Waals surface area (Å²) in [6, 6.07) is 8.44. The fourth-order valence-corrected chi connectivity index (χ4v) is 3.40. The number of hydrogen-bond donors (Lipinski definition) is 3. The molecule has 0 radical (unpaired) electrons. The van der Waals surface area contributed by atoms with E-state index in [4.69, 9.17) is 4.74 Å². The largest absolute Gasteiger partial charge is 0.508 e. The number of hydrogen-bond acceptors (Lipinski definition) is 4. The number of aryl methyl sites for hydroxylation is 2. The number of amides is 2. The summed E-state index contributed by atoms with van der Waals surface area (Å²) in [7, 11) is 0. The van der Waals surface area contributed by atoms with E-state index < -0.39 is 6.04 Å². The van der Waals surface area contributed by atoms with Gasteiger partial charge in [-0.1, -0.05) is 13.8 Å². The Labute approximate surface area is 164 Å². The van der Waals surface area contributed by atoms with Gasteiger partial charge in [-0.05, 0) is 67.6 Å². The van der Waals surface area contributed by atoms with Gasteiger partial charge in [-0.3, -0.25) is 9.59 Å². The van der Waals surface area contributed by atoms with Crippen molar-refractivity contribution in [3.05, 3.63) is 47.0 Å². The van der Waals surface area contributed by atoms with Crippen molar-refractivity contribution in [3.63, 3.8) is 0 Å². The van der Waals surface area contributed by atoms with Crippen LogP contribution >= 0.6 is 0 Å². The van der Waals surface area contributed by atoms with Gasteiger partial charge in [0.25, 0.3) is 0 Å². The highest BCUT2D eigenvalue weighted by Gasteiger charge is 2.27. The fraction of sp³-hybridized carbons (Fsp3) is 0.364. The molecular weight excluding hydrogens is 356 g/mol. The van der Waals surface area contributed by atoms with Gasteiger partial charge < -0.3 is 20.5 Å². The van der Waals surface area contributed by atoms with E-state index in [0.29, 0.717) is 30.0 Å². The van der Waals surface area contributed by atoms with Crippen molar-refractivity contribution in [2.45, 2.75) is 52.5 Å². The Morgan fingerprint density at radius 1 is 1.21 bits per heavy atom. The van der Waals surface area contributed by atoms with Crippen LogP contribution in [-0.2, 0) is 9.59 Å². The number of phenolic OH excluding ortho intramolecular Hbond substituents is 1. The lowest BCUT2D eigenvalue weighted by molar-refractivity contribution is -0.122. The molecule has 1 fully saturated rings. The van der Waals surface area contributed by atoms with Crippen LogP contribution in [0.15, 0.2) is 30.3 Å². The molecule has 0 aliphatic carbocycles. The van der Waals surface area contributed by atoms with E-state index in [0.717, 1.165) is 16.7 Å². The first-order valence-corrected chi connectivity index (χ1v) is 9.47. The number of nitrogens with one attached hydrogen (secondary N) is 2. The summed E-state index contributed by atoms with van der Waals surface area (Å²) >= 11 is 0. The summed E-state index contributed by atoms with van der Waals surface area (Å²) in [6.07, 6.45) is 0.900. The van der Waals surface area contributed by atoms with Gasteiger partial charge in [0.15, 0.2) is 0 Å².